The van der Waals surface area contributed by atoms with Gasteiger partial charge in [0.15, 0.2) is 5.96 Å². The molecule has 2 aromatic carbocycles. The van der Waals surface area contributed by atoms with Gasteiger partial charge in [-0.15, -0.1) is 35.7 Å². The largest absolute Gasteiger partial charge is 0.352 e. The third-order valence-corrected chi connectivity index (χ3v) is 6.35. The van der Waals surface area contributed by atoms with Gasteiger partial charge >= 0.3 is 6.03 Å². The van der Waals surface area contributed by atoms with Gasteiger partial charge in [0.25, 0.3) is 0 Å². The number of hydrogen-bond acceptors (Lipinski definition) is 3. The number of amides is 2. The zero-order valence-electron chi connectivity index (χ0n) is 19.0. The van der Waals surface area contributed by atoms with Crippen LogP contribution in [0.3, 0.4) is 0 Å². The van der Waals surface area contributed by atoms with Gasteiger partial charge in [0.05, 0.1) is 0 Å². The van der Waals surface area contributed by atoms with Crippen molar-refractivity contribution in [2.45, 2.75) is 37.8 Å². The molecule has 0 aliphatic carbocycles. The molecular weight excluding hydrogens is 533 g/mol. The van der Waals surface area contributed by atoms with E-state index in [2.05, 4.69) is 56.2 Å². The van der Waals surface area contributed by atoms with Gasteiger partial charge in [0.2, 0.25) is 0 Å². The van der Waals surface area contributed by atoms with Crippen LogP contribution in [0.1, 0.15) is 25.8 Å². The van der Waals surface area contributed by atoms with Crippen molar-refractivity contribution >= 4 is 53.4 Å². The number of guanidine groups is 1. The lowest BCUT2D eigenvalue weighted by atomic mass is 10.2. The van der Waals surface area contributed by atoms with E-state index in [1.807, 2.05) is 56.9 Å². The summed E-state index contributed by atoms with van der Waals surface area (Å²) in [6, 6.07) is 18.4. The molecule has 8 heteroatoms. The maximum atomic E-state index is 11.8. The van der Waals surface area contributed by atoms with E-state index in [1.54, 1.807) is 0 Å². The van der Waals surface area contributed by atoms with Gasteiger partial charge in [-0.1, -0.05) is 30.3 Å². The Hall–Kier alpha value is -1.94. The lowest BCUT2D eigenvalue weighted by Gasteiger charge is -2.22. The highest BCUT2D eigenvalue weighted by Crippen LogP contribution is 2.25. The summed E-state index contributed by atoms with van der Waals surface area (Å²) in [4.78, 5) is 20.0. The number of aliphatic imine (C=N–C) groups is 1. The monoisotopic (exact) mass is 567 g/mol. The normalized spacial score (nSPS) is 15.9. The molecule has 0 radical (unpaired) electrons. The molecule has 174 valence electrons. The van der Waals surface area contributed by atoms with Crippen molar-refractivity contribution in [2.24, 2.45) is 10.9 Å². The highest BCUT2D eigenvalue weighted by molar-refractivity contribution is 14.0. The molecule has 1 atom stereocenters. The number of likely N-dealkylation sites (tertiary alicyclic amines) is 1. The Morgan fingerprint density at radius 2 is 1.88 bits per heavy atom. The number of anilines is 1. The number of halogens is 1. The average Bonchev–Trinajstić information content (AvgIpc) is 3.23. The molecule has 0 bridgehead atoms. The van der Waals surface area contributed by atoms with Gasteiger partial charge in [-0.3, -0.25) is 4.99 Å². The molecule has 6 nitrogen and oxygen atoms in total. The Kier molecular flexibility index (Phi) is 11.2. The number of carbonyl (C=O) groups is 1. The van der Waals surface area contributed by atoms with E-state index < -0.39 is 0 Å². The van der Waals surface area contributed by atoms with Crippen LogP contribution in [-0.2, 0) is 6.54 Å². The predicted octanol–water partition coefficient (Wildman–Crippen LogP) is 5.02. The maximum Gasteiger partial charge on any atom is 0.319 e. The number of thioether (sulfide) groups is 1. The van der Waals surface area contributed by atoms with Crippen molar-refractivity contribution in [2.75, 3.05) is 31.2 Å². The minimum absolute atomic E-state index is 0. The van der Waals surface area contributed by atoms with E-state index in [9.17, 15) is 4.79 Å². The van der Waals surface area contributed by atoms with E-state index in [0.717, 1.165) is 36.1 Å². The van der Waals surface area contributed by atoms with Gasteiger partial charge < -0.3 is 20.9 Å². The average molecular weight is 568 g/mol. The minimum atomic E-state index is -0.185. The second-order valence-corrected chi connectivity index (χ2v) is 9.17. The number of benzene rings is 2. The molecule has 0 aromatic heterocycles. The van der Waals surface area contributed by atoms with Gasteiger partial charge in [0.1, 0.15) is 0 Å². The van der Waals surface area contributed by atoms with Gasteiger partial charge in [-0.05, 0) is 56.0 Å². The second-order valence-electron chi connectivity index (χ2n) is 8.08. The number of hydrogen-bond donors (Lipinski definition) is 3. The molecule has 1 saturated heterocycles. The summed E-state index contributed by atoms with van der Waals surface area (Å²) in [5.74, 6) is 2.76. The molecule has 32 heavy (non-hydrogen) atoms. The number of urea groups is 1. The van der Waals surface area contributed by atoms with Crippen LogP contribution in [0, 0.1) is 5.92 Å². The molecule has 1 fully saturated rings. The van der Waals surface area contributed by atoms with E-state index in [4.69, 9.17) is 0 Å². The van der Waals surface area contributed by atoms with Crippen LogP contribution in [0.5, 0.6) is 0 Å². The van der Waals surface area contributed by atoms with Crippen LogP contribution < -0.4 is 16.0 Å². The Bertz CT molecular complexity index is 860. The standard InChI is InChI=1S/C24H33N5OS.HI/c1-18(2)27-24(30)28-21-11-9-19(10-12-21)15-26-23(25-3)29-14-13-20(16-29)17-31-22-7-5-4-6-8-22;/h4-12,18,20H,13-17H2,1-3H3,(H,25,26)(H2,27,28,30);1H. The number of carbonyl (C=O) groups excluding carboxylic acids is 1. The number of nitrogens with one attached hydrogen (secondary N) is 3. The van der Waals surface area contributed by atoms with Gasteiger partial charge in [0, 0.05) is 49.1 Å². The van der Waals surface area contributed by atoms with Crippen molar-refractivity contribution in [1.82, 2.24) is 15.5 Å². The van der Waals surface area contributed by atoms with Crippen LogP contribution in [0.15, 0.2) is 64.5 Å². The molecule has 1 aliphatic heterocycles. The zero-order chi connectivity index (χ0) is 22.1. The molecule has 3 N–H and O–H groups in total. The highest BCUT2D eigenvalue weighted by Gasteiger charge is 2.24. The Labute approximate surface area is 213 Å². The fourth-order valence-electron chi connectivity index (χ4n) is 3.54. The first-order chi connectivity index (χ1) is 15.0. The summed E-state index contributed by atoms with van der Waals surface area (Å²) in [7, 11) is 1.84. The molecule has 2 aromatic rings. The van der Waals surface area contributed by atoms with Crippen LogP contribution >= 0.6 is 35.7 Å². The smallest absolute Gasteiger partial charge is 0.319 e. The summed E-state index contributed by atoms with van der Waals surface area (Å²) in [6.45, 7) is 6.64. The molecule has 1 heterocycles. The fourth-order valence-corrected chi connectivity index (χ4v) is 4.59. The van der Waals surface area contributed by atoms with Gasteiger partial charge in [-0.25, -0.2) is 4.79 Å². The Morgan fingerprint density at radius 3 is 2.53 bits per heavy atom. The molecule has 1 unspecified atom stereocenters. The summed E-state index contributed by atoms with van der Waals surface area (Å²) in [6.07, 6.45) is 1.19. The van der Waals surface area contributed by atoms with Crippen molar-refractivity contribution in [3.8, 4) is 0 Å². The van der Waals surface area contributed by atoms with Crippen molar-refractivity contribution in [3.05, 3.63) is 60.2 Å². The predicted molar refractivity (Wildman–Crippen MR) is 146 cm³/mol. The summed E-state index contributed by atoms with van der Waals surface area (Å²) in [5.41, 5.74) is 1.93. The van der Waals surface area contributed by atoms with Crippen LogP contribution in [0.25, 0.3) is 0 Å². The SMILES string of the molecule is CN=C(NCc1ccc(NC(=O)NC(C)C)cc1)N1CCC(CSc2ccccc2)C1.I. The zero-order valence-corrected chi connectivity index (χ0v) is 22.2. The number of rotatable bonds is 7. The third kappa shape index (κ3) is 8.54. The Morgan fingerprint density at radius 1 is 1.16 bits per heavy atom. The van der Waals surface area contributed by atoms with Crippen molar-refractivity contribution in [1.29, 1.82) is 0 Å². The fraction of sp³-hybridized carbons (Fsp3) is 0.417. The molecule has 0 saturated carbocycles. The third-order valence-electron chi connectivity index (χ3n) is 5.11. The van der Waals surface area contributed by atoms with Crippen LogP contribution in [0.2, 0.25) is 0 Å². The van der Waals surface area contributed by atoms with E-state index in [-0.39, 0.29) is 36.0 Å². The molecule has 3 rings (SSSR count). The lowest BCUT2D eigenvalue weighted by Crippen LogP contribution is -2.39. The summed E-state index contributed by atoms with van der Waals surface area (Å²) >= 11 is 1.94. The molecule has 2 amide bonds. The molecule has 0 spiro atoms. The van der Waals surface area contributed by atoms with Crippen molar-refractivity contribution < 1.29 is 4.79 Å². The minimum Gasteiger partial charge on any atom is -0.352 e. The topological polar surface area (TPSA) is 68.8 Å². The lowest BCUT2D eigenvalue weighted by molar-refractivity contribution is 0.250. The quantitative estimate of drug-likeness (QED) is 0.190. The van der Waals surface area contributed by atoms with E-state index in [1.165, 1.54) is 11.3 Å². The summed E-state index contributed by atoms with van der Waals surface area (Å²) in [5, 5.41) is 9.14. The first-order valence-electron chi connectivity index (χ1n) is 10.8. The summed E-state index contributed by atoms with van der Waals surface area (Å²) < 4.78 is 0. The van der Waals surface area contributed by atoms with E-state index >= 15 is 0 Å². The first-order valence-corrected chi connectivity index (χ1v) is 11.8. The molecular formula is C24H34IN5OS. The Balaban J connectivity index is 0.00000363. The van der Waals surface area contributed by atoms with E-state index in [0.29, 0.717) is 12.5 Å². The van der Waals surface area contributed by atoms with Crippen LogP contribution in [0.4, 0.5) is 10.5 Å². The first kappa shape index (κ1) is 26.3. The van der Waals surface area contributed by atoms with Crippen molar-refractivity contribution in [3.63, 3.8) is 0 Å². The highest BCUT2D eigenvalue weighted by atomic mass is 127. The maximum absolute atomic E-state index is 11.8. The molecule has 1 aliphatic rings. The number of nitrogens with zero attached hydrogens (tertiary/aromatic N) is 2. The van der Waals surface area contributed by atoms with Gasteiger partial charge in [-0.2, -0.15) is 0 Å². The second kappa shape index (κ2) is 13.6. The van der Waals surface area contributed by atoms with Crippen LogP contribution in [-0.4, -0.2) is 48.8 Å².